The van der Waals surface area contributed by atoms with Crippen molar-refractivity contribution in [2.45, 2.75) is 187 Å². The molecule has 0 N–H and O–H groups in total. The number of hydrogen-bond acceptors (Lipinski definition) is 6. The first-order valence-electron chi connectivity index (χ1n) is 24.8. The molecule has 64 heavy (non-hydrogen) atoms. The van der Waals surface area contributed by atoms with E-state index in [1.54, 1.807) is 0 Å². The summed E-state index contributed by atoms with van der Waals surface area (Å²) in [5.41, 5.74) is 0. The summed E-state index contributed by atoms with van der Waals surface area (Å²) in [7, 11) is 0. The van der Waals surface area contributed by atoms with E-state index in [-0.39, 0.29) is 38.0 Å². The van der Waals surface area contributed by atoms with Gasteiger partial charge < -0.3 is 14.2 Å². The van der Waals surface area contributed by atoms with Gasteiger partial charge in [-0.15, -0.1) is 0 Å². The van der Waals surface area contributed by atoms with Crippen LogP contribution in [0.2, 0.25) is 0 Å². The molecule has 0 saturated heterocycles. The Kier molecular flexibility index (Phi) is 47.2. The van der Waals surface area contributed by atoms with Crippen molar-refractivity contribution in [1.29, 1.82) is 0 Å². The molecule has 0 aliphatic rings. The third kappa shape index (κ3) is 48.3. The van der Waals surface area contributed by atoms with Crippen molar-refractivity contribution in [3.05, 3.63) is 146 Å². The van der Waals surface area contributed by atoms with Gasteiger partial charge in [0.2, 0.25) is 0 Å². The molecule has 356 valence electrons. The molecule has 0 saturated carbocycles. The number of rotatable bonds is 42. The second-order valence-corrected chi connectivity index (χ2v) is 15.6. The van der Waals surface area contributed by atoms with Crippen LogP contribution in [0.15, 0.2) is 146 Å². The smallest absolute Gasteiger partial charge is 0.306 e. The Labute approximate surface area is 391 Å². The van der Waals surface area contributed by atoms with Crippen LogP contribution in [0.5, 0.6) is 0 Å². The predicted octanol–water partition coefficient (Wildman–Crippen LogP) is 16.5. The maximum absolute atomic E-state index is 12.7. The molecule has 0 fully saturated rings. The zero-order chi connectivity index (χ0) is 46.5. The molecule has 6 heteroatoms. The average molecular weight is 881 g/mol. The zero-order valence-corrected chi connectivity index (χ0v) is 40.5. The number of allylic oxidation sites excluding steroid dienone is 24. The number of esters is 3. The molecular formula is C58H88O6. The molecule has 0 rings (SSSR count). The summed E-state index contributed by atoms with van der Waals surface area (Å²) >= 11 is 0. The highest BCUT2D eigenvalue weighted by Gasteiger charge is 2.19. The van der Waals surface area contributed by atoms with E-state index in [9.17, 15) is 14.4 Å². The second kappa shape index (κ2) is 50.9. The molecule has 0 aromatic rings. The summed E-state index contributed by atoms with van der Waals surface area (Å²) in [6.07, 6.45) is 73.0. The Morgan fingerprint density at radius 1 is 0.328 bits per heavy atom. The van der Waals surface area contributed by atoms with Crippen molar-refractivity contribution in [2.75, 3.05) is 13.2 Å². The molecule has 6 nitrogen and oxygen atoms in total. The zero-order valence-electron chi connectivity index (χ0n) is 40.5. The molecule has 1 atom stereocenters. The van der Waals surface area contributed by atoms with Gasteiger partial charge in [0.1, 0.15) is 13.2 Å². The third-order valence-corrected chi connectivity index (χ3v) is 9.60. The van der Waals surface area contributed by atoms with Crippen molar-refractivity contribution in [2.24, 2.45) is 0 Å². The van der Waals surface area contributed by atoms with Crippen molar-refractivity contribution < 1.29 is 28.6 Å². The monoisotopic (exact) mass is 881 g/mol. The van der Waals surface area contributed by atoms with E-state index in [2.05, 4.69) is 154 Å². The fraction of sp³-hybridized carbons (Fsp3) is 0.534. The van der Waals surface area contributed by atoms with Gasteiger partial charge in [0.15, 0.2) is 6.10 Å². The lowest BCUT2D eigenvalue weighted by atomic mass is 10.1. The molecule has 0 radical (unpaired) electrons. The maximum atomic E-state index is 12.7. The molecule has 0 aliphatic carbocycles. The number of carbonyl (C=O) groups excluding carboxylic acids is 3. The summed E-state index contributed by atoms with van der Waals surface area (Å²) in [5, 5.41) is 0. The Bertz CT molecular complexity index is 1480. The normalized spacial score (nSPS) is 13.4. The molecule has 0 heterocycles. The van der Waals surface area contributed by atoms with Gasteiger partial charge in [-0.2, -0.15) is 0 Å². The van der Waals surface area contributed by atoms with Crippen molar-refractivity contribution in [3.63, 3.8) is 0 Å². The van der Waals surface area contributed by atoms with Gasteiger partial charge in [0.05, 0.1) is 0 Å². The van der Waals surface area contributed by atoms with E-state index in [4.69, 9.17) is 14.2 Å². The van der Waals surface area contributed by atoms with Crippen LogP contribution in [0.1, 0.15) is 181 Å². The van der Waals surface area contributed by atoms with E-state index >= 15 is 0 Å². The Morgan fingerprint density at radius 2 is 0.641 bits per heavy atom. The lowest BCUT2D eigenvalue weighted by Crippen LogP contribution is -2.30. The minimum absolute atomic E-state index is 0.129. The number of hydrogen-bond donors (Lipinski definition) is 0. The quantitative estimate of drug-likeness (QED) is 0.0263. The van der Waals surface area contributed by atoms with Crippen molar-refractivity contribution in [3.8, 4) is 0 Å². The molecule has 0 amide bonds. The van der Waals surface area contributed by atoms with E-state index in [0.29, 0.717) is 19.3 Å². The van der Waals surface area contributed by atoms with Gasteiger partial charge >= 0.3 is 17.9 Å². The first-order chi connectivity index (χ1) is 31.5. The highest BCUT2D eigenvalue weighted by molar-refractivity contribution is 5.71. The summed E-state index contributed by atoms with van der Waals surface area (Å²) in [6.45, 7) is 6.21. The minimum Gasteiger partial charge on any atom is -0.462 e. The van der Waals surface area contributed by atoms with Crippen LogP contribution in [0.4, 0.5) is 0 Å². The fourth-order valence-electron chi connectivity index (χ4n) is 5.94. The summed E-state index contributed by atoms with van der Waals surface area (Å²) in [5.74, 6) is -1.08. The Morgan fingerprint density at radius 3 is 1.02 bits per heavy atom. The first kappa shape index (κ1) is 59.3. The van der Waals surface area contributed by atoms with Gasteiger partial charge in [-0.25, -0.2) is 0 Å². The topological polar surface area (TPSA) is 78.9 Å². The molecule has 0 aromatic heterocycles. The highest BCUT2D eigenvalue weighted by Crippen LogP contribution is 2.10. The van der Waals surface area contributed by atoms with Gasteiger partial charge in [-0.3, -0.25) is 14.4 Å². The lowest BCUT2D eigenvalue weighted by molar-refractivity contribution is -0.166. The van der Waals surface area contributed by atoms with E-state index < -0.39 is 12.1 Å². The minimum atomic E-state index is -0.839. The molecule has 0 aliphatic heterocycles. The summed E-state index contributed by atoms with van der Waals surface area (Å²) < 4.78 is 16.6. The van der Waals surface area contributed by atoms with Crippen molar-refractivity contribution in [1.82, 2.24) is 0 Å². The molecule has 0 bridgehead atoms. The van der Waals surface area contributed by atoms with Gasteiger partial charge in [0.25, 0.3) is 0 Å². The van der Waals surface area contributed by atoms with Gasteiger partial charge in [-0.1, -0.05) is 199 Å². The Hall–Kier alpha value is -4.71. The SMILES string of the molecule is CC/C=C\C/C=C\C/C=C\C/C=C\C/C=C\C/C=C\CCCCC(=O)OCC(COC(=O)CCCCCCCC)OC(=O)CC/C=C\C/C=C\C/C=C\C/C=C\C/C=C\C/C=C\CC. The molecule has 1 unspecified atom stereocenters. The molecule has 0 spiro atoms. The maximum Gasteiger partial charge on any atom is 0.306 e. The highest BCUT2D eigenvalue weighted by atomic mass is 16.6. The number of ether oxygens (including phenoxy) is 3. The number of carbonyl (C=O) groups is 3. The van der Waals surface area contributed by atoms with E-state index in [0.717, 1.165) is 109 Å². The second-order valence-electron chi connectivity index (χ2n) is 15.6. The Balaban J connectivity index is 4.47. The molecular weight excluding hydrogens is 793 g/mol. The van der Waals surface area contributed by atoms with Gasteiger partial charge in [-0.05, 0) is 109 Å². The van der Waals surface area contributed by atoms with Crippen LogP contribution in [0, 0.1) is 0 Å². The van der Waals surface area contributed by atoms with E-state index in [1.807, 2.05) is 12.2 Å². The van der Waals surface area contributed by atoms with Crippen LogP contribution < -0.4 is 0 Å². The standard InChI is InChI=1S/C58H88O6/c1-4-7-10-13-16-18-20-22-24-26-28-29-31-32-34-36-38-40-42-45-48-51-57(60)63-54-55(53-62-56(59)50-47-44-15-12-9-6-3)64-58(61)52-49-46-43-41-39-37-35-33-30-27-25-23-21-19-17-14-11-8-5-2/h7-8,10-11,16-19,22-25,28-30,32-34,37-40,43,46,55H,4-6,9,12-15,20-21,26-27,31,35-36,41-42,44-45,47-54H2,1-3H3/b10-7-,11-8-,18-16-,19-17-,24-22-,25-23-,29-28-,33-30-,34-32-,39-37-,40-38-,46-43-. The third-order valence-electron chi connectivity index (χ3n) is 9.60. The lowest BCUT2D eigenvalue weighted by Gasteiger charge is -2.18. The molecule has 0 aromatic carbocycles. The number of unbranched alkanes of at least 4 members (excludes halogenated alkanes) is 7. The first-order valence-corrected chi connectivity index (χ1v) is 24.8. The average Bonchev–Trinajstić information content (AvgIpc) is 3.29. The van der Waals surface area contributed by atoms with Crippen LogP contribution in [0.25, 0.3) is 0 Å². The van der Waals surface area contributed by atoms with Crippen LogP contribution >= 0.6 is 0 Å². The van der Waals surface area contributed by atoms with Crippen LogP contribution in [0.3, 0.4) is 0 Å². The largest absolute Gasteiger partial charge is 0.462 e. The van der Waals surface area contributed by atoms with E-state index in [1.165, 1.54) is 19.3 Å². The predicted molar refractivity (Wildman–Crippen MR) is 274 cm³/mol. The van der Waals surface area contributed by atoms with Crippen LogP contribution in [-0.2, 0) is 28.6 Å². The van der Waals surface area contributed by atoms with Gasteiger partial charge in [0, 0.05) is 19.3 Å². The summed E-state index contributed by atoms with van der Waals surface area (Å²) in [6, 6.07) is 0. The van der Waals surface area contributed by atoms with Crippen LogP contribution in [-0.4, -0.2) is 37.2 Å². The van der Waals surface area contributed by atoms with Crippen molar-refractivity contribution >= 4 is 17.9 Å². The fourth-order valence-corrected chi connectivity index (χ4v) is 5.94. The summed E-state index contributed by atoms with van der Waals surface area (Å²) in [4.78, 5) is 37.7.